The second-order valence-electron chi connectivity index (χ2n) is 8.91. The van der Waals surface area contributed by atoms with E-state index < -0.39 is 6.23 Å². The number of imidazole rings is 1. The van der Waals surface area contributed by atoms with Crippen LogP contribution in [0.5, 0.6) is 0 Å². The van der Waals surface area contributed by atoms with E-state index in [2.05, 4.69) is 40.3 Å². The minimum Gasteiger partial charge on any atom is -0.374 e. The molecule has 0 bridgehead atoms. The Balaban J connectivity index is 1.39. The Labute approximate surface area is 201 Å². The average Bonchev–Trinajstić information content (AvgIpc) is 3.53. The monoisotopic (exact) mass is 469 g/mol. The molecule has 5 aromatic rings. The summed E-state index contributed by atoms with van der Waals surface area (Å²) in [5.41, 5.74) is 6.79. The summed E-state index contributed by atoms with van der Waals surface area (Å²) in [6, 6.07) is 3.99. The van der Waals surface area contributed by atoms with E-state index in [4.69, 9.17) is 4.98 Å². The van der Waals surface area contributed by atoms with Gasteiger partial charge in [-0.25, -0.2) is 9.97 Å². The van der Waals surface area contributed by atoms with Crippen LogP contribution in [0.3, 0.4) is 0 Å². The largest absolute Gasteiger partial charge is 0.374 e. The standard InChI is InChI=1S/C25H27N9O/c1-2-21(35)29-17-8-15(10-26-12-17)16-9-18-22(32-33-24(18)28-11-16)25-30-19-13-27-14-20(23(19)31-25)34-6-4-3-5-7-34/h8-14,21,29,35H,2-7H2,1H3,(H,30,31)(H,28,32,33). The molecule has 5 aromatic heterocycles. The first-order valence-electron chi connectivity index (χ1n) is 12.0. The summed E-state index contributed by atoms with van der Waals surface area (Å²) >= 11 is 0. The lowest BCUT2D eigenvalue weighted by molar-refractivity contribution is 0.199. The number of hydrogen-bond donors (Lipinski definition) is 4. The van der Waals surface area contributed by atoms with Gasteiger partial charge in [0.2, 0.25) is 0 Å². The molecule has 0 radical (unpaired) electrons. The molecule has 0 saturated carbocycles. The lowest BCUT2D eigenvalue weighted by Gasteiger charge is -2.28. The number of pyridine rings is 3. The normalized spacial score (nSPS) is 15.1. The quantitative estimate of drug-likeness (QED) is 0.274. The van der Waals surface area contributed by atoms with E-state index in [0.29, 0.717) is 23.6 Å². The molecule has 1 atom stereocenters. The fourth-order valence-electron chi connectivity index (χ4n) is 4.61. The third-order valence-electron chi connectivity index (χ3n) is 6.50. The third-order valence-corrected chi connectivity index (χ3v) is 6.50. The zero-order valence-corrected chi connectivity index (χ0v) is 19.5. The zero-order valence-electron chi connectivity index (χ0n) is 19.5. The number of aliphatic hydroxyl groups is 1. The number of anilines is 2. The van der Waals surface area contributed by atoms with Gasteiger partial charge in [-0.3, -0.25) is 15.1 Å². The molecule has 1 aliphatic rings. The molecular weight excluding hydrogens is 442 g/mol. The highest BCUT2D eigenvalue weighted by molar-refractivity contribution is 5.95. The van der Waals surface area contributed by atoms with Crippen LogP contribution >= 0.6 is 0 Å². The number of piperidine rings is 1. The first kappa shape index (κ1) is 21.5. The van der Waals surface area contributed by atoms with Crippen LogP contribution < -0.4 is 10.2 Å². The lowest BCUT2D eigenvalue weighted by atomic mass is 10.1. The molecule has 35 heavy (non-hydrogen) atoms. The predicted molar refractivity (Wildman–Crippen MR) is 136 cm³/mol. The molecule has 0 amide bonds. The van der Waals surface area contributed by atoms with Gasteiger partial charge in [0.05, 0.1) is 40.9 Å². The van der Waals surface area contributed by atoms with E-state index in [1.807, 2.05) is 31.5 Å². The van der Waals surface area contributed by atoms with Gasteiger partial charge in [0.15, 0.2) is 11.5 Å². The van der Waals surface area contributed by atoms with E-state index in [-0.39, 0.29) is 0 Å². The molecule has 10 heteroatoms. The van der Waals surface area contributed by atoms with Crippen LogP contribution in [-0.4, -0.2) is 59.5 Å². The highest BCUT2D eigenvalue weighted by Gasteiger charge is 2.19. The minimum absolute atomic E-state index is 0.600. The van der Waals surface area contributed by atoms with Crippen LogP contribution in [-0.2, 0) is 0 Å². The third kappa shape index (κ3) is 4.06. The van der Waals surface area contributed by atoms with Crippen LogP contribution in [0.2, 0.25) is 0 Å². The van der Waals surface area contributed by atoms with Crippen LogP contribution in [0.1, 0.15) is 32.6 Å². The number of aliphatic hydroxyl groups excluding tert-OH is 1. The number of nitrogens with one attached hydrogen (secondary N) is 3. The molecular formula is C25H27N9O. The maximum atomic E-state index is 9.93. The molecule has 10 nitrogen and oxygen atoms in total. The van der Waals surface area contributed by atoms with Gasteiger partial charge in [-0.15, -0.1) is 0 Å². The zero-order chi connectivity index (χ0) is 23.8. The van der Waals surface area contributed by atoms with E-state index in [9.17, 15) is 5.11 Å². The summed E-state index contributed by atoms with van der Waals surface area (Å²) in [7, 11) is 0. The number of fused-ring (bicyclic) bond motifs is 2. The molecule has 4 N–H and O–H groups in total. The van der Waals surface area contributed by atoms with Crippen molar-refractivity contribution in [1.82, 2.24) is 35.1 Å². The Hall–Kier alpha value is -4.05. The van der Waals surface area contributed by atoms with Crippen molar-refractivity contribution in [3.8, 4) is 22.6 Å². The lowest BCUT2D eigenvalue weighted by Crippen LogP contribution is -2.29. The van der Waals surface area contributed by atoms with E-state index >= 15 is 0 Å². The highest BCUT2D eigenvalue weighted by atomic mass is 16.3. The van der Waals surface area contributed by atoms with Crippen LogP contribution in [0.25, 0.3) is 44.7 Å². The molecule has 0 spiro atoms. The van der Waals surface area contributed by atoms with Crippen molar-refractivity contribution >= 4 is 33.4 Å². The van der Waals surface area contributed by atoms with Gasteiger partial charge in [-0.2, -0.15) is 5.10 Å². The van der Waals surface area contributed by atoms with E-state index in [1.165, 1.54) is 19.3 Å². The van der Waals surface area contributed by atoms with Crippen molar-refractivity contribution in [3.63, 3.8) is 0 Å². The molecule has 0 aliphatic carbocycles. The Bertz CT molecular complexity index is 1490. The van der Waals surface area contributed by atoms with Crippen molar-refractivity contribution in [2.24, 2.45) is 0 Å². The van der Waals surface area contributed by atoms with Crippen LogP contribution in [0, 0.1) is 0 Å². The van der Waals surface area contributed by atoms with Crippen molar-refractivity contribution < 1.29 is 5.11 Å². The molecule has 6 heterocycles. The van der Waals surface area contributed by atoms with Crippen molar-refractivity contribution in [2.75, 3.05) is 23.3 Å². The number of nitrogens with zero attached hydrogens (tertiary/aromatic N) is 6. The summed E-state index contributed by atoms with van der Waals surface area (Å²) in [6.45, 7) is 3.97. The molecule has 6 rings (SSSR count). The molecule has 178 valence electrons. The SMILES string of the molecule is CCC(O)Nc1cncc(-c2cnc3[nH]nc(-c4nc5c(N6CCCCC6)cncc5[nH]4)c3c2)c1. The second kappa shape index (κ2) is 8.95. The van der Waals surface area contributed by atoms with Crippen molar-refractivity contribution in [2.45, 2.75) is 38.8 Å². The highest BCUT2D eigenvalue weighted by Crippen LogP contribution is 2.32. The van der Waals surface area contributed by atoms with E-state index in [0.717, 1.165) is 52.0 Å². The van der Waals surface area contributed by atoms with Gasteiger partial charge in [0.1, 0.15) is 17.4 Å². The fourth-order valence-corrected chi connectivity index (χ4v) is 4.61. The van der Waals surface area contributed by atoms with E-state index in [1.54, 1.807) is 18.6 Å². The molecule has 1 fully saturated rings. The predicted octanol–water partition coefficient (Wildman–Crippen LogP) is 4.09. The Kier molecular flexibility index (Phi) is 5.49. The van der Waals surface area contributed by atoms with Crippen LogP contribution in [0.4, 0.5) is 11.4 Å². The molecule has 1 saturated heterocycles. The Morgan fingerprint density at radius 3 is 2.71 bits per heavy atom. The summed E-state index contributed by atoms with van der Waals surface area (Å²) < 4.78 is 0. The number of aromatic nitrogens is 7. The van der Waals surface area contributed by atoms with Crippen molar-refractivity contribution in [3.05, 3.63) is 43.1 Å². The second-order valence-corrected chi connectivity index (χ2v) is 8.91. The smallest absolute Gasteiger partial charge is 0.159 e. The van der Waals surface area contributed by atoms with Gasteiger partial charge in [0.25, 0.3) is 0 Å². The Morgan fingerprint density at radius 2 is 1.86 bits per heavy atom. The van der Waals surface area contributed by atoms with Gasteiger partial charge in [0, 0.05) is 36.6 Å². The van der Waals surface area contributed by atoms with Gasteiger partial charge < -0.3 is 20.3 Å². The summed E-state index contributed by atoms with van der Waals surface area (Å²) in [6.07, 6.45) is 12.6. The summed E-state index contributed by atoms with van der Waals surface area (Å²) in [4.78, 5) is 24.1. The molecule has 1 unspecified atom stereocenters. The fraction of sp³-hybridized carbons (Fsp3) is 0.320. The summed E-state index contributed by atoms with van der Waals surface area (Å²) in [5, 5.41) is 21.4. The molecule has 1 aliphatic heterocycles. The topological polar surface area (TPSA) is 132 Å². The number of rotatable bonds is 6. The first-order chi connectivity index (χ1) is 17.2. The van der Waals surface area contributed by atoms with Gasteiger partial charge in [-0.1, -0.05) is 6.92 Å². The van der Waals surface area contributed by atoms with Gasteiger partial charge in [-0.05, 0) is 37.8 Å². The average molecular weight is 470 g/mol. The minimum atomic E-state index is -0.620. The van der Waals surface area contributed by atoms with Gasteiger partial charge >= 0.3 is 0 Å². The van der Waals surface area contributed by atoms with Crippen LogP contribution in [0.15, 0.2) is 43.1 Å². The molecule has 0 aromatic carbocycles. The number of hydrogen-bond acceptors (Lipinski definition) is 8. The first-order valence-corrected chi connectivity index (χ1v) is 12.0. The van der Waals surface area contributed by atoms with Crippen molar-refractivity contribution in [1.29, 1.82) is 0 Å². The Morgan fingerprint density at radius 1 is 1.03 bits per heavy atom. The number of aromatic amines is 2. The maximum absolute atomic E-state index is 9.93. The summed E-state index contributed by atoms with van der Waals surface area (Å²) in [5.74, 6) is 0.677. The maximum Gasteiger partial charge on any atom is 0.159 e. The number of H-pyrrole nitrogens is 2.